The van der Waals surface area contributed by atoms with E-state index in [1.807, 2.05) is 0 Å². The summed E-state index contributed by atoms with van der Waals surface area (Å²) >= 11 is 0. The third-order valence-electron chi connectivity index (χ3n) is 3.06. The minimum Gasteiger partial charge on any atom is -0.468 e. The fourth-order valence-corrected chi connectivity index (χ4v) is 1.21. The van der Waals surface area contributed by atoms with Crippen LogP contribution in [0.3, 0.4) is 0 Å². The molecule has 2 nitrogen and oxygen atoms in total. The highest BCUT2D eigenvalue weighted by Crippen LogP contribution is 2.34. The van der Waals surface area contributed by atoms with Crippen molar-refractivity contribution in [1.82, 2.24) is 0 Å². The molecule has 12 heavy (non-hydrogen) atoms. The van der Waals surface area contributed by atoms with Crippen molar-refractivity contribution in [3.8, 4) is 0 Å². The van der Waals surface area contributed by atoms with E-state index in [1.54, 1.807) is 0 Å². The Hall–Kier alpha value is -0.530. The highest BCUT2D eigenvalue weighted by molar-refractivity contribution is 5.36. The molecule has 1 unspecified atom stereocenters. The molecule has 0 N–H and O–H groups in total. The van der Waals surface area contributed by atoms with Crippen molar-refractivity contribution >= 4 is 6.47 Å². The summed E-state index contributed by atoms with van der Waals surface area (Å²) in [5, 5.41) is 0. The summed E-state index contributed by atoms with van der Waals surface area (Å²) in [6.45, 7) is 9.92. The van der Waals surface area contributed by atoms with Gasteiger partial charge in [0.15, 0.2) is 0 Å². The second kappa shape index (κ2) is 5.18. The molecule has 0 saturated carbocycles. The molecule has 0 heterocycles. The minimum absolute atomic E-state index is 0.309. The second-order valence-corrected chi connectivity index (χ2v) is 3.88. The molecule has 0 aliphatic carbocycles. The lowest BCUT2D eigenvalue weighted by molar-refractivity contribution is -0.129. The molecular formula is C10H20O2. The summed E-state index contributed by atoms with van der Waals surface area (Å²) in [7, 11) is 0. The van der Waals surface area contributed by atoms with Crippen LogP contribution in [-0.4, -0.2) is 13.1 Å². The largest absolute Gasteiger partial charge is 0.468 e. The Morgan fingerprint density at radius 3 is 2.42 bits per heavy atom. The Balaban J connectivity index is 3.87. The van der Waals surface area contributed by atoms with Crippen LogP contribution in [0.5, 0.6) is 0 Å². The summed E-state index contributed by atoms with van der Waals surface area (Å²) in [6, 6.07) is 0. The van der Waals surface area contributed by atoms with Gasteiger partial charge >= 0.3 is 0 Å². The number of ether oxygens (including phenoxy) is 1. The first kappa shape index (κ1) is 11.5. The monoisotopic (exact) mass is 172 g/mol. The second-order valence-electron chi connectivity index (χ2n) is 3.88. The average Bonchev–Trinajstić information content (AvgIpc) is 2.04. The summed E-state index contributed by atoms with van der Waals surface area (Å²) in [4.78, 5) is 9.93. The smallest absolute Gasteiger partial charge is 0.293 e. The maximum atomic E-state index is 9.93. The van der Waals surface area contributed by atoms with Crippen LogP contribution >= 0.6 is 0 Å². The number of hydrogen-bond donors (Lipinski definition) is 0. The van der Waals surface area contributed by atoms with E-state index < -0.39 is 0 Å². The summed E-state index contributed by atoms with van der Waals surface area (Å²) in [5.41, 5.74) is 0.309. The fourth-order valence-electron chi connectivity index (χ4n) is 1.21. The van der Waals surface area contributed by atoms with Gasteiger partial charge in [0.1, 0.15) is 0 Å². The van der Waals surface area contributed by atoms with E-state index in [2.05, 4.69) is 27.7 Å². The minimum atomic E-state index is 0.309. The van der Waals surface area contributed by atoms with Gasteiger partial charge in [0.05, 0.1) is 6.61 Å². The van der Waals surface area contributed by atoms with Gasteiger partial charge in [0.2, 0.25) is 0 Å². The highest BCUT2D eigenvalue weighted by Gasteiger charge is 2.25. The molecule has 2 heteroatoms. The molecule has 1 atom stereocenters. The predicted octanol–water partition coefficient (Wildman–Crippen LogP) is 2.62. The molecule has 0 rings (SSSR count). The first-order valence-electron chi connectivity index (χ1n) is 4.62. The van der Waals surface area contributed by atoms with Gasteiger partial charge in [-0.25, -0.2) is 0 Å². The quantitative estimate of drug-likeness (QED) is 0.455. The van der Waals surface area contributed by atoms with E-state index in [0.717, 1.165) is 12.8 Å². The maximum absolute atomic E-state index is 9.93. The lowest BCUT2D eigenvalue weighted by Gasteiger charge is -2.32. The first-order valence-corrected chi connectivity index (χ1v) is 4.62. The van der Waals surface area contributed by atoms with E-state index in [0.29, 0.717) is 24.4 Å². The van der Waals surface area contributed by atoms with Crippen molar-refractivity contribution in [2.45, 2.75) is 40.5 Å². The molecule has 0 fully saturated rings. The van der Waals surface area contributed by atoms with E-state index in [-0.39, 0.29) is 0 Å². The summed E-state index contributed by atoms with van der Waals surface area (Å²) in [6.07, 6.45) is 2.09. The molecule has 0 amide bonds. The molecular weight excluding hydrogens is 152 g/mol. The van der Waals surface area contributed by atoms with Gasteiger partial charge in [0.25, 0.3) is 6.47 Å². The van der Waals surface area contributed by atoms with Crippen LogP contribution in [0, 0.1) is 11.3 Å². The van der Waals surface area contributed by atoms with Crippen molar-refractivity contribution in [3.05, 3.63) is 0 Å². The van der Waals surface area contributed by atoms with Crippen LogP contribution in [0.15, 0.2) is 0 Å². The van der Waals surface area contributed by atoms with Crippen LogP contribution in [-0.2, 0) is 9.53 Å². The molecule has 0 aromatic heterocycles. The normalized spacial score (nSPS) is 15.8. The van der Waals surface area contributed by atoms with Crippen molar-refractivity contribution in [2.24, 2.45) is 11.3 Å². The zero-order chi connectivity index (χ0) is 9.61. The molecule has 0 aliphatic heterocycles. The van der Waals surface area contributed by atoms with Crippen LogP contribution in [0.2, 0.25) is 0 Å². The van der Waals surface area contributed by atoms with Gasteiger partial charge in [-0.15, -0.1) is 0 Å². The lowest BCUT2D eigenvalue weighted by atomic mass is 9.74. The predicted molar refractivity (Wildman–Crippen MR) is 49.9 cm³/mol. The molecule has 72 valence electrons. The molecule has 0 aromatic rings. The van der Waals surface area contributed by atoms with Gasteiger partial charge in [-0.1, -0.05) is 34.1 Å². The number of carbonyl (C=O) groups excluding carboxylic acids is 1. The Labute approximate surface area is 75.3 Å². The van der Waals surface area contributed by atoms with Crippen molar-refractivity contribution in [2.75, 3.05) is 6.61 Å². The van der Waals surface area contributed by atoms with Gasteiger partial charge in [-0.3, -0.25) is 4.79 Å². The maximum Gasteiger partial charge on any atom is 0.293 e. The highest BCUT2D eigenvalue weighted by atomic mass is 16.5. The average molecular weight is 172 g/mol. The van der Waals surface area contributed by atoms with Crippen molar-refractivity contribution in [1.29, 1.82) is 0 Å². The Morgan fingerprint density at radius 1 is 1.50 bits per heavy atom. The van der Waals surface area contributed by atoms with Crippen molar-refractivity contribution in [3.63, 3.8) is 0 Å². The third-order valence-corrected chi connectivity index (χ3v) is 3.06. The van der Waals surface area contributed by atoms with E-state index >= 15 is 0 Å². The van der Waals surface area contributed by atoms with Crippen LogP contribution in [0.1, 0.15) is 40.5 Å². The van der Waals surface area contributed by atoms with Crippen LogP contribution < -0.4 is 0 Å². The van der Waals surface area contributed by atoms with Crippen LogP contribution in [0.25, 0.3) is 0 Å². The Kier molecular flexibility index (Phi) is 4.95. The molecule has 0 bridgehead atoms. The first-order chi connectivity index (χ1) is 5.56. The lowest BCUT2D eigenvalue weighted by Crippen LogP contribution is -2.24. The topological polar surface area (TPSA) is 26.3 Å². The fraction of sp³-hybridized carbons (Fsp3) is 0.900. The zero-order valence-electron chi connectivity index (χ0n) is 8.59. The standard InChI is InChI=1S/C10H20O2/c1-5-10(4,9(2)3)6-7-12-8-11/h8-9H,5-7H2,1-4H3. The molecule has 0 saturated heterocycles. The summed E-state index contributed by atoms with van der Waals surface area (Å²) in [5.74, 6) is 0.637. The Bertz CT molecular complexity index is 132. The number of carbonyl (C=O) groups is 1. The summed E-state index contributed by atoms with van der Waals surface area (Å²) < 4.78 is 4.70. The van der Waals surface area contributed by atoms with Gasteiger partial charge < -0.3 is 4.74 Å². The Morgan fingerprint density at radius 2 is 2.08 bits per heavy atom. The van der Waals surface area contributed by atoms with Crippen molar-refractivity contribution < 1.29 is 9.53 Å². The number of rotatable bonds is 6. The molecule has 0 radical (unpaired) electrons. The van der Waals surface area contributed by atoms with E-state index in [4.69, 9.17) is 4.74 Å². The van der Waals surface area contributed by atoms with Gasteiger partial charge in [-0.2, -0.15) is 0 Å². The molecule has 0 aliphatic rings. The van der Waals surface area contributed by atoms with Gasteiger partial charge in [0, 0.05) is 0 Å². The van der Waals surface area contributed by atoms with Gasteiger partial charge in [-0.05, 0) is 17.8 Å². The number of hydrogen-bond acceptors (Lipinski definition) is 2. The zero-order valence-corrected chi connectivity index (χ0v) is 8.59. The molecule has 0 spiro atoms. The molecule has 0 aromatic carbocycles. The third kappa shape index (κ3) is 3.24. The van der Waals surface area contributed by atoms with E-state index in [9.17, 15) is 4.79 Å². The SMILES string of the molecule is CCC(C)(CCOC=O)C(C)C. The van der Waals surface area contributed by atoms with Crippen LogP contribution in [0.4, 0.5) is 0 Å². The van der Waals surface area contributed by atoms with E-state index in [1.165, 1.54) is 0 Å².